The third-order valence-electron chi connectivity index (χ3n) is 5.47. The highest BCUT2D eigenvalue weighted by molar-refractivity contribution is 6.30. The summed E-state index contributed by atoms with van der Waals surface area (Å²) in [6, 6.07) is 16.9. The Morgan fingerprint density at radius 3 is 2.58 bits per heavy atom. The highest BCUT2D eigenvalue weighted by atomic mass is 35.5. The second-order valence-electron chi connectivity index (χ2n) is 8.27. The SMILES string of the molecule is CN(C)CCN(Cc1cccc(Cl)c1)C(=O)C1CCCN(C(=O)Nc2ccccc2)C1. The first-order valence-electron chi connectivity index (χ1n) is 10.7. The molecule has 6 nitrogen and oxygen atoms in total. The average Bonchev–Trinajstić information content (AvgIpc) is 2.77. The minimum Gasteiger partial charge on any atom is -0.337 e. The van der Waals surface area contributed by atoms with Crippen LogP contribution in [0.15, 0.2) is 54.6 Å². The molecule has 1 aliphatic rings. The predicted octanol–water partition coefficient (Wildman–Crippen LogP) is 4.17. The van der Waals surface area contributed by atoms with Crippen LogP contribution in [0, 0.1) is 5.92 Å². The molecule has 1 aliphatic heterocycles. The van der Waals surface area contributed by atoms with Crippen LogP contribution in [-0.2, 0) is 11.3 Å². The number of urea groups is 1. The van der Waals surface area contributed by atoms with Crippen LogP contribution in [0.5, 0.6) is 0 Å². The molecule has 7 heteroatoms. The second-order valence-corrected chi connectivity index (χ2v) is 8.71. The number of halogens is 1. The maximum atomic E-state index is 13.4. The minimum absolute atomic E-state index is 0.0963. The largest absolute Gasteiger partial charge is 0.337 e. The molecule has 31 heavy (non-hydrogen) atoms. The summed E-state index contributed by atoms with van der Waals surface area (Å²) >= 11 is 6.14. The zero-order valence-electron chi connectivity index (χ0n) is 18.3. The molecule has 2 aromatic carbocycles. The second kappa shape index (κ2) is 11.2. The van der Waals surface area contributed by atoms with Crippen molar-refractivity contribution in [2.24, 2.45) is 5.92 Å². The summed E-state index contributed by atoms with van der Waals surface area (Å²) in [7, 11) is 4.00. The van der Waals surface area contributed by atoms with Gasteiger partial charge in [-0.2, -0.15) is 0 Å². The summed E-state index contributed by atoms with van der Waals surface area (Å²) in [4.78, 5) is 31.9. The molecule has 0 saturated carbocycles. The summed E-state index contributed by atoms with van der Waals surface area (Å²) in [6.07, 6.45) is 1.61. The van der Waals surface area contributed by atoms with Gasteiger partial charge in [0.15, 0.2) is 0 Å². The number of likely N-dealkylation sites (tertiary alicyclic amines) is 1. The van der Waals surface area contributed by atoms with Crippen molar-refractivity contribution in [1.82, 2.24) is 14.7 Å². The van der Waals surface area contributed by atoms with Crippen LogP contribution in [0.1, 0.15) is 18.4 Å². The molecule has 1 unspecified atom stereocenters. The van der Waals surface area contributed by atoms with Gasteiger partial charge >= 0.3 is 6.03 Å². The van der Waals surface area contributed by atoms with Gasteiger partial charge in [-0.3, -0.25) is 4.79 Å². The van der Waals surface area contributed by atoms with Gasteiger partial charge in [-0.15, -0.1) is 0 Å². The van der Waals surface area contributed by atoms with Gasteiger partial charge in [0.25, 0.3) is 0 Å². The summed E-state index contributed by atoms with van der Waals surface area (Å²) in [5.41, 5.74) is 1.77. The quantitative estimate of drug-likeness (QED) is 0.700. The lowest BCUT2D eigenvalue weighted by molar-refractivity contribution is -0.137. The van der Waals surface area contributed by atoms with Crippen LogP contribution in [0.25, 0.3) is 0 Å². The van der Waals surface area contributed by atoms with E-state index in [9.17, 15) is 9.59 Å². The fourth-order valence-electron chi connectivity index (χ4n) is 3.79. The first-order chi connectivity index (χ1) is 14.9. The van der Waals surface area contributed by atoms with Crippen LogP contribution in [0.3, 0.4) is 0 Å². The molecule has 0 radical (unpaired) electrons. The van der Waals surface area contributed by atoms with E-state index in [1.54, 1.807) is 4.90 Å². The van der Waals surface area contributed by atoms with Crippen molar-refractivity contribution in [3.8, 4) is 0 Å². The van der Waals surface area contributed by atoms with E-state index in [0.29, 0.717) is 31.2 Å². The van der Waals surface area contributed by atoms with Crippen LogP contribution in [-0.4, -0.2) is 66.9 Å². The van der Waals surface area contributed by atoms with E-state index in [1.807, 2.05) is 73.6 Å². The molecule has 3 amide bonds. The molecule has 0 spiro atoms. The van der Waals surface area contributed by atoms with Gasteiger partial charge in [-0.25, -0.2) is 4.79 Å². The Kier molecular flexibility index (Phi) is 8.32. The zero-order valence-corrected chi connectivity index (χ0v) is 19.0. The van der Waals surface area contributed by atoms with E-state index in [4.69, 9.17) is 11.6 Å². The zero-order chi connectivity index (χ0) is 22.2. The van der Waals surface area contributed by atoms with Gasteiger partial charge in [0.2, 0.25) is 5.91 Å². The van der Waals surface area contributed by atoms with E-state index in [0.717, 1.165) is 30.6 Å². The number of rotatable bonds is 7. The molecule has 1 N–H and O–H groups in total. The molecule has 2 aromatic rings. The highest BCUT2D eigenvalue weighted by Gasteiger charge is 2.31. The molecule has 166 valence electrons. The Morgan fingerprint density at radius 2 is 1.87 bits per heavy atom. The van der Waals surface area contributed by atoms with Crippen molar-refractivity contribution in [1.29, 1.82) is 0 Å². The molecular weight excluding hydrogens is 412 g/mol. The first kappa shape index (κ1) is 23.1. The van der Waals surface area contributed by atoms with Crippen molar-refractivity contribution in [2.75, 3.05) is 45.6 Å². The molecule has 3 rings (SSSR count). The number of para-hydroxylation sites is 1. The Labute approximate surface area is 189 Å². The van der Waals surface area contributed by atoms with Crippen molar-refractivity contribution < 1.29 is 9.59 Å². The Morgan fingerprint density at radius 1 is 1.10 bits per heavy atom. The normalized spacial score (nSPS) is 16.3. The van der Waals surface area contributed by atoms with Gasteiger partial charge in [0.1, 0.15) is 0 Å². The van der Waals surface area contributed by atoms with Crippen molar-refractivity contribution in [3.63, 3.8) is 0 Å². The van der Waals surface area contributed by atoms with E-state index < -0.39 is 0 Å². The number of nitrogens with one attached hydrogen (secondary N) is 1. The van der Waals surface area contributed by atoms with Gasteiger partial charge < -0.3 is 20.0 Å². The van der Waals surface area contributed by atoms with Gasteiger partial charge in [0, 0.05) is 43.4 Å². The molecule has 0 aliphatic carbocycles. The maximum Gasteiger partial charge on any atom is 0.321 e. The molecule has 1 saturated heterocycles. The monoisotopic (exact) mass is 442 g/mol. The number of carbonyl (C=O) groups is 2. The third kappa shape index (κ3) is 6.97. The fraction of sp³-hybridized carbons (Fsp3) is 0.417. The van der Waals surface area contributed by atoms with Crippen molar-refractivity contribution in [3.05, 3.63) is 65.2 Å². The van der Waals surface area contributed by atoms with E-state index in [2.05, 4.69) is 10.2 Å². The molecule has 0 bridgehead atoms. The summed E-state index contributed by atoms with van der Waals surface area (Å²) in [5.74, 6) is -0.101. The smallest absolute Gasteiger partial charge is 0.321 e. The Balaban J connectivity index is 1.66. The molecule has 1 heterocycles. The lowest BCUT2D eigenvalue weighted by Crippen LogP contribution is -2.48. The van der Waals surface area contributed by atoms with Crippen LogP contribution < -0.4 is 5.32 Å². The topological polar surface area (TPSA) is 55.9 Å². The van der Waals surface area contributed by atoms with E-state index in [-0.39, 0.29) is 17.9 Å². The number of hydrogen-bond acceptors (Lipinski definition) is 3. The number of benzene rings is 2. The highest BCUT2D eigenvalue weighted by Crippen LogP contribution is 2.22. The minimum atomic E-state index is -0.198. The van der Waals surface area contributed by atoms with Crippen LogP contribution in [0.2, 0.25) is 5.02 Å². The number of piperidine rings is 1. The van der Waals surface area contributed by atoms with Crippen LogP contribution >= 0.6 is 11.6 Å². The number of carbonyl (C=O) groups excluding carboxylic acids is 2. The van der Waals surface area contributed by atoms with E-state index >= 15 is 0 Å². The lowest BCUT2D eigenvalue weighted by atomic mass is 9.96. The molecule has 1 fully saturated rings. The lowest BCUT2D eigenvalue weighted by Gasteiger charge is -2.35. The molecule has 1 atom stereocenters. The van der Waals surface area contributed by atoms with Crippen molar-refractivity contribution >= 4 is 29.2 Å². The number of hydrogen-bond donors (Lipinski definition) is 1. The third-order valence-corrected chi connectivity index (χ3v) is 5.71. The number of anilines is 1. The fourth-order valence-corrected chi connectivity index (χ4v) is 4.00. The van der Waals surface area contributed by atoms with Gasteiger partial charge in [0.05, 0.1) is 5.92 Å². The number of likely N-dealkylation sites (N-methyl/N-ethyl adjacent to an activating group) is 1. The average molecular weight is 443 g/mol. The Hall–Kier alpha value is -2.57. The standard InChI is InChI=1S/C24H31ClN4O2/c1-27(2)14-15-28(17-19-8-6-10-21(25)16-19)23(30)20-9-7-13-29(18-20)24(31)26-22-11-4-3-5-12-22/h3-6,8,10-12,16,20H,7,9,13-15,17-18H2,1-2H3,(H,26,31). The van der Waals surface area contributed by atoms with Gasteiger partial charge in [-0.1, -0.05) is 41.9 Å². The predicted molar refractivity (Wildman–Crippen MR) is 125 cm³/mol. The van der Waals surface area contributed by atoms with Crippen molar-refractivity contribution in [2.45, 2.75) is 19.4 Å². The molecule has 0 aromatic heterocycles. The van der Waals surface area contributed by atoms with E-state index in [1.165, 1.54) is 0 Å². The number of nitrogens with zero attached hydrogens (tertiary/aromatic N) is 3. The Bertz CT molecular complexity index is 875. The summed E-state index contributed by atoms with van der Waals surface area (Å²) < 4.78 is 0. The maximum absolute atomic E-state index is 13.4. The number of amides is 3. The summed E-state index contributed by atoms with van der Waals surface area (Å²) in [6.45, 7) is 3.02. The van der Waals surface area contributed by atoms with Gasteiger partial charge in [-0.05, 0) is 56.8 Å². The van der Waals surface area contributed by atoms with Crippen LogP contribution in [0.4, 0.5) is 10.5 Å². The molecular formula is C24H31ClN4O2. The summed E-state index contributed by atoms with van der Waals surface area (Å²) in [5, 5.41) is 3.59. The first-order valence-corrected chi connectivity index (χ1v) is 11.1.